The summed E-state index contributed by atoms with van der Waals surface area (Å²) in [6, 6.07) is 6.30. The number of amides is 2. The molecule has 30 heavy (non-hydrogen) atoms. The number of rotatable bonds is 4. The molecule has 4 aliphatic rings. The fourth-order valence-corrected chi connectivity index (χ4v) is 4.93. The zero-order valence-electron chi connectivity index (χ0n) is 17.3. The molecule has 0 saturated carbocycles. The van der Waals surface area contributed by atoms with Crippen LogP contribution in [-0.4, -0.2) is 85.3 Å². The normalized spacial score (nSPS) is 25.2. The zero-order chi connectivity index (χ0) is 20.5. The smallest absolute Gasteiger partial charge is 0.231 e. The average molecular weight is 415 g/mol. The molecule has 1 unspecified atom stereocenters. The van der Waals surface area contributed by atoms with E-state index in [2.05, 4.69) is 11.0 Å². The topological polar surface area (TPSA) is 71.6 Å². The summed E-state index contributed by atoms with van der Waals surface area (Å²) >= 11 is 0. The van der Waals surface area contributed by atoms with Crippen molar-refractivity contribution < 1.29 is 23.8 Å². The number of likely N-dealkylation sites (tertiary alicyclic amines) is 1. The lowest BCUT2D eigenvalue weighted by Crippen LogP contribution is -2.50. The van der Waals surface area contributed by atoms with Gasteiger partial charge in [0.1, 0.15) is 0 Å². The number of nitrogens with zero attached hydrogens (tertiary/aromatic N) is 3. The quantitative estimate of drug-likeness (QED) is 0.733. The highest BCUT2D eigenvalue weighted by molar-refractivity contribution is 5.89. The highest BCUT2D eigenvalue weighted by Crippen LogP contribution is 2.33. The van der Waals surface area contributed by atoms with Crippen LogP contribution in [0.25, 0.3) is 0 Å². The van der Waals surface area contributed by atoms with Gasteiger partial charge in [-0.2, -0.15) is 0 Å². The predicted molar refractivity (Wildman–Crippen MR) is 108 cm³/mol. The average Bonchev–Trinajstić information content (AvgIpc) is 3.40. The van der Waals surface area contributed by atoms with Crippen LogP contribution in [0.15, 0.2) is 18.2 Å². The van der Waals surface area contributed by atoms with Gasteiger partial charge in [0.05, 0.1) is 5.92 Å². The lowest BCUT2D eigenvalue weighted by atomic mass is 10.1. The van der Waals surface area contributed by atoms with Gasteiger partial charge in [0.25, 0.3) is 0 Å². The summed E-state index contributed by atoms with van der Waals surface area (Å²) in [6.07, 6.45) is 2.12. The first-order valence-corrected chi connectivity index (χ1v) is 10.9. The van der Waals surface area contributed by atoms with E-state index in [1.165, 1.54) is 5.56 Å². The lowest BCUT2D eigenvalue weighted by molar-refractivity contribution is -0.137. The van der Waals surface area contributed by atoms with E-state index in [0.29, 0.717) is 39.3 Å². The second kappa shape index (κ2) is 8.43. The first-order valence-electron chi connectivity index (χ1n) is 10.9. The van der Waals surface area contributed by atoms with E-state index in [1.807, 2.05) is 21.9 Å². The molecule has 0 bridgehead atoms. The SMILES string of the molecule is O=C(C1CC(=O)N(C2CCOCC2)C1)N1CCN(Cc2ccc3c(c2)OCO3)CC1. The van der Waals surface area contributed by atoms with Crippen LogP contribution in [0.3, 0.4) is 0 Å². The molecule has 0 aromatic heterocycles. The summed E-state index contributed by atoms with van der Waals surface area (Å²) in [5, 5.41) is 0. The van der Waals surface area contributed by atoms with Crippen molar-refractivity contribution in [2.45, 2.75) is 31.8 Å². The second-order valence-corrected chi connectivity index (χ2v) is 8.58. The van der Waals surface area contributed by atoms with Gasteiger partial charge in [-0.05, 0) is 30.5 Å². The Balaban J connectivity index is 1.12. The summed E-state index contributed by atoms with van der Waals surface area (Å²) < 4.78 is 16.2. The molecular weight excluding hydrogens is 386 g/mol. The fourth-order valence-electron chi connectivity index (χ4n) is 4.93. The van der Waals surface area contributed by atoms with Crippen LogP contribution in [0.1, 0.15) is 24.8 Å². The van der Waals surface area contributed by atoms with Crippen LogP contribution in [0, 0.1) is 5.92 Å². The number of ether oxygens (including phenoxy) is 3. The van der Waals surface area contributed by atoms with Crippen LogP contribution < -0.4 is 9.47 Å². The first kappa shape index (κ1) is 19.6. The third-order valence-electron chi connectivity index (χ3n) is 6.67. The number of carbonyl (C=O) groups excluding carboxylic acids is 2. The molecule has 2 amide bonds. The highest BCUT2D eigenvalue weighted by atomic mass is 16.7. The highest BCUT2D eigenvalue weighted by Gasteiger charge is 2.40. The minimum absolute atomic E-state index is 0.127. The van der Waals surface area contributed by atoms with Gasteiger partial charge in [-0.3, -0.25) is 14.5 Å². The molecule has 0 radical (unpaired) electrons. The molecule has 0 spiro atoms. The maximum atomic E-state index is 13.0. The van der Waals surface area contributed by atoms with Gasteiger partial charge in [0.15, 0.2) is 11.5 Å². The van der Waals surface area contributed by atoms with E-state index in [9.17, 15) is 9.59 Å². The Hall–Kier alpha value is -2.32. The summed E-state index contributed by atoms with van der Waals surface area (Å²) in [7, 11) is 0. The van der Waals surface area contributed by atoms with Crippen molar-refractivity contribution >= 4 is 11.8 Å². The summed E-state index contributed by atoms with van der Waals surface area (Å²) in [4.78, 5) is 31.8. The minimum atomic E-state index is -0.194. The zero-order valence-corrected chi connectivity index (χ0v) is 17.3. The molecule has 8 heteroatoms. The Bertz CT molecular complexity index is 802. The van der Waals surface area contributed by atoms with Gasteiger partial charge in [0.2, 0.25) is 18.6 Å². The molecule has 5 rings (SSSR count). The van der Waals surface area contributed by atoms with Crippen LogP contribution in [0.5, 0.6) is 11.5 Å². The largest absolute Gasteiger partial charge is 0.454 e. The molecule has 1 aromatic rings. The van der Waals surface area contributed by atoms with Gasteiger partial charge in [0, 0.05) is 64.9 Å². The van der Waals surface area contributed by atoms with Crippen LogP contribution in [-0.2, 0) is 20.9 Å². The van der Waals surface area contributed by atoms with Crippen molar-refractivity contribution in [3.63, 3.8) is 0 Å². The van der Waals surface area contributed by atoms with E-state index in [1.54, 1.807) is 0 Å². The van der Waals surface area contributed by atoms with Gasteiger partial charge >= 0.3 is 0 Å². The first-order chi connectivity index (χ1) is 14.7. The van der Waals surface area contributed by atoms with E-state index < -0.39 is 0 Å². The summed E-state index contributed by atoms with van der Waals surface area (Å²) in [5.74, 6) is 1.68. The number of carbonyl (C=O) groups is 2. The van der Waals surface area contributed by atoms with E-state index in [-0.39, 0.29) is 30.6 Å². The minimum Gasteiger partial charge on any atom is -0.454 e. The summed E-state index contributed by atoms with van der Waals surface area (Å²) in [5.41, 5.74) is 1.19. The predicted octanol–water partition coefficient (Wildman–Crippen LogP) is 1.09. The number of benzene rings is 1. The molecule has 8 nitrogen and oxygen atoms in total. The Kier molecular flexibility index (Phi) is 5.52. The molecule has 1 aromatic carbocycles. The van der Waals surface area contributed by atoms with Crippen molar-refractivity contribution in [1.82, 2.24) is 14.7 Å². The number of piperazine rings is 1. The van der Waals surface area contributed by atoms with Gasteiger partial charge in [-0.25, -0.2) is 0 Å². The van der Waals surface area contributed by atoms with Crippen molar-refractivity contribution in [3.8, 4) is 11.5 Å². The Labute approximate surface area is 176 Å². The molecule has 1 atom stereocenters. The third kappa shape index (κ3) is 3.98. The van der Waals surface area contributed by atoms with Gasteiger partial charge < -0.3 is 24.0 Å². The molecule has 162 valence electrons. The fraction of sp³-hybridized carbons (Fsp3) is 0.636. The van der Waals surface area contributed by atoms with Gasteiger partial charge in [-0.1, -0.05) is 6.07 Å². The molecule has 3 fully saturated rings. The Morgan fingerprint density at radius 2 is 1.80 bits per heavy atom. The number of hydrogen-bond donors (Lipinski definition) is 0. The molecule has 3 saturated heterocycles. The molecule has 0 N–H and O–H groups in total. The maximum absolute atomic E-state index is 13.0. The van der Waals surface area contributed by atoms with Crippen molar-refractivity contribution in [1.29, 1.82) is 0 Å². The Morgan fingerprint density at radius 1 is 1.03 bits per heavy atom. The molecule has 0 aliphatic carbocycles. The number of hydrogen-bond acceptors (Lipinski definition) is 6. The molecular formula is C22H29N3O5. The number of fused-ring (bicyclic) bond motifs is 1. The van der Waals surface area contributed by atoms with Crippen molar-refractivity contribution in [3.05, 3.63) is 23.8 Å². The molecule has 4 aliphatic heterocycles. The van der Waals surface area contributed by atoms with Crippen molar-refractivity contribution in [2.24, 2.45) is 5.92 Å². The van der Waals surface area contributed by atoms with E-state index >= 15 is 0 Å². The summed E-state index contributed by atoms with van der Waals surface area (Å²) in [6.45, 7) is 6.20. The molecule has 4 heterocycles. The van der Waals surface area contributed by atoms with Crippen LogP contribution in [0.2, 0.25) is 0 Å². The standard InChI is InChI=1S/C22H29N3O5/c26-21-12-17(14-25(21)18-3-9-28-10-4-18)22(27)24-7-5-23(6-8-24)13-16-1-2-19-20(11-16)30-15-29-19/h1-2,11,17-18H,3-10,12-15H2. The van der Waals surface area contributed by atoms with Crippen LogP contribution in [0.4, 0.5) is 0 Å². The van der Waals surface area contributed by atoms with E-state index in [4.69, 9.17) is 14.2 Å². The monoisotopic (exact) mass is 415 g/mol. The van der Waals surface area contributed by atoms with Crippen LogP contribution >= 0.6 is 0 Å². The Morgan fingerprint density at radius 3 is 2.60 bits per heavy atom. The van der Waals surface area contributed by atoms with Crippen molar-refractivity contribution in [2.75, 3.05) is 52.7 Å². The maximum Gasteiger partial charge on any atom is 0.231 e. The lowest BCUT2D eigenvalue weighted by Gasteiger charge is -2.36. The van der Waals surface area contributed by atoms with E-state index in [0.717, 1.165) is 44.0 Å². The third-order valence-corrected chi connectivity index (χ3v) is 6.67. The second-order valence-electron chi connectivity index (χ2n) is 8.58. The van der Waals surface area contributed by atoms with Gasteiger partial charge in [-0.15, -0.1) is 0 Å².